The predicted octanol–water partition coefficient (Wildman–Crippen LogP) is 5.96. The molecule has 30 heavy (non-hydrogen) atoms. The van der Waals surface area contributed by atoms with Gasteiger partial charge in [-0.15, -0.1) is 0 Å². The highest BCUT2D eigenvalue weighted by Gasteiger charge is 2.35. The van der Waals surface area contributed by atoms with Crippen LogP contribution in [-0.2, 0) is 4.79 Å². The summed E-state index contributed by atoms with van der Waals surface area (Å²) in [6.45, 7) is 14.0. The molecule has 1 N–H and O–H groups in total. The second kappa shape index (κ2) is 8.36. The third kappa shape index (κ3) is 4.26. The van der Waals surface area contributed by atoms with Crippen LogP contribution in [0, 0.1) is 25.2 Å². The summed E-state index contributed by atoms with van der Waals surface area (Å²) in [7, 11) is 0. The van der Waals surface area contributed by atoms with Gasteiger partial charge in [-0.3, -0.25) is 4.79 Å². The number of carbonyl (C=O) groups is 1. The van der Waals surface area contributed by atoms with E-state index in [1.165, 1.54) is 11.3 Å². The number of hydrogen-bond donors (Lipinski definition) is 1. The maximum atomic E-state index is 12.7. The molecule has 1 aliphatic rings. The lowest BCUT2D eigenvalue weighted by Gasteiger charge is -2.47. The van der Waals surface area contributed by atoms with E-state index in [4.69, 9.17) is 0 Å². The van der Waals surface area contributed by atoms with Gasteiger partial charge in [0.1, 0.15) is 11.6 Å². The summed E-state index contributed by atoms with van der Waals surface area (Å²) in [5, 5.41) is 12.5. The van der Waals surface area contributed by atoms with Crippen LogP contribution in [0.4, 0.5) is 11.4 Å². The van der Waals surface area contributed by atoms with E-state index in [0.29, 0.717) is 11.6 Å². The number of benzene rings is 2. The molecule has 2 aromatic rings. The maximum Gasteiger partial charge on any atom is 0.266 e. The Morgan fingerprint density at radius 3 is 2.67 bits per heavy atom. The fourth-order valence-corrected chi connectivity index (χ4v) is 4.63. The van der Waals surface area contributed by atoms with E-state index in [1.807, 2.05) is 38.1 Å². The van der Waals surface area contributed by atoms with Gasteiger partial charge >= 0.3 is 0 Å². The number of hydrogen-bond acceptors (Lipinski definition) is 3. The van der Waals surface area contributed by atoms with Crippen molar-refractivity contribution in [3.63, 3.8) is 0 Å². The summed E-state index contributed by atoms with van der Waals surface area (Å²) in [5.41, 5.74) is 6.49. The van der Waals surface area contributed by atoms with Crippen molar-refractivity contribution in [2.75, 3.05) is 16.8 Å². The summed E-state index contributed by atoms with van der Waals surface area (Å²) >= 11 is 0. The van der Waals surface area contributed by atoms with E-state index in [9.17, 15) is 10.1 Å². The molecule has 4 heteroatoms. The van der Waals surface area contributed by atoms with Crippen molar-refractivity contribution in [3.8, 4) is 6.07 Å². The largest absolute Gasteiger partial charge is 0.366 e. The Labute approximate surface area is 180 Å². The Morgan fingerprint density at radius 2 is 2.03 bits per heavy atom. The fourth-order valence-electron chi connectivity index (χ4n) is 4.63. The molecule has 0 fully saturated rings. The summed E-state index contributed by atoms with van der Waals surface area (Å²) in [6, 6.07) is 14.0. The van der Waals surface area contributed by atoms with Crippen LogP contribution in [0.25, 0.3) is 6.08 Å². The number of nitrogens with zero attached hydrogens (tertiary/aromatic N) is 2. The van der Waals surface area contributed by atoms with Crippen molar-refractivity contribution >= 4 is 23.4 Å². The lowest BCUT2D eigenvalue weighted by atomic mass is 9.79. The van der Waals surface area contributed by atoms with Gasteiger partial charge < -0.3 is 10.2 Å². The van der Waals surface area contributed by atoms with Crippen molar-refractivity contribution in [1.82, 2.24) is 0 Å². The molecule has 1 aliphatic heterocycles. The fraction of sp³-hybridized carbons (Fsp3) is 0.385. The Morgan fingerprint density at radius 1 is 1.30 bits per heavy atom. The molecule has 3 rings (SSSR count). The normalized spacial score (nSPS) is 17.8. The Bertz CT molecular complexity index is 1040. The molecule has 1 atom stereocenters. The topological polar surface area (TPSA) is 56.1 Å². The molecule has 1 heterocycles. The molecule has 1 unspecified atom stereocenters. The number of nitriles is 1. The first-order chi connectivity index (χ1) is 14.2. The van der Waals surface area contributed by atoms with E-state index in [0.717, 1.165) is 29.7 Å². The molecule has 4 nitrogen and oxygen atoms in total. The average Bonchev–Trinajstić information content (AvgIpc) is 2.66. The van der Waals surface area contributed by atoms with Gasteiger partial charge in [-0.2, -0.15) is 5.26 Å². The highest BCUT2D eigenvalue weighted by molar-refractivity contribution is 6.09. The SMILES string of the molecule is CCN1c2cc(C)c(/C=C(\C#N)C(=O)Nc3cccc(C)c3)cc2C(C)CC1(C)C. The minimum atomic E-state index is -0.385. The van der Waals surface area contributed by atoms with Gasteiger partial charge in [0.2, 0.25) is 0 Å². The monoisotopic (exact) mass is 401 g/mol. The lowest BCUT2D eigenvalue weighted by Crippen LogP contribution is -2.48. The molecule has 0 aromatic heterocycles. The first-order valence-electron chi connectivity index (χ1n) is 10.6. The molecule has 0 radical (unpaired) electrons. The second-order valence-electron chi connectivity index (χ2n) is 8.92. The Hall–Kier alpha value is -3.06. The number of aryl methyl sites for hydroxylation is 2. The zero-order chi connectivity index (χ0) is 22.1. The third-order valence-electron chi connectivity index (χ3n) is 6.03. The van der Waals surface area contributed by atoms with E-state index in [2.05, 4.69) is 56.1 Å². The van der Waals surface area contributed by atoms with Crippen LogP contribution in [0.3, 0.4) is 0 Å². The van der Waals surface area contributed by atoms with Gasteiger partial charge in [-0.1, -0.05) is 19.1 Å². The average molecular weight is 402 g/mol. The number of rotatable bonds is 4. The molecule has 156 valence electrons. The van der Waals surface area contributed by atoms with Crippen LogP contribution in [0.5, 0.6) is 0 Å². The molecular weight excluding hydrogens is 370 g/mol. The number of nitrogens with one attached hydrogen (secondary N) is 1. The zero-order valence-corrected chi connectivity index (χ0v) is 18.8. The first kappa shape index (κ1) is 21.6. The standard InChI is InChI=1S/C26H31N3O/c1-7-29-24-12-18(3)20(14-23(24)19(4)15-26(29,5)6)13-21(16-27)25(30)28-22-10-8-9-17(2)11-22/h8-14,19H,7,15H2,1-6H3,(H,28,30)/b21-13+. The summed E-state index contributed by atoms with van der Waals surface area (Å²) < 4.78 is 0. The predicted molar refractivity (Wildman–Crippen MR) is 125 cm³/mol. The van der Waals surface area contributed by atoms with Crippen LogP contribution in [0.1, 0.15) is 62.3 Å². The van der Waals surface area contributed by atoms with Crippen LogP contribution in [-0.4, -0.2) is 18.0 Å². The van der Waals surface area contributed by atoms with Crippen LogP contribution in [0.2, 0.25) is 0 Å². The molecule has 0 spiro atoms. The van der Waals surface area contributed by atoms with Crippen molar-refractivity contribution in [3.05, 3.63) is 64.2 Å². The summed E-state index contributed by atoms with van der Waals surface area (Å²) in [4.78, 5) is 15.2. The number of amides is 1. The molecule has 0 saturated carbocycles. The van der Waals surface area contributed by atoms with Crippen molar-refractivity contribution in [2.45, 2.75) is 59.4 Å². The van der Waals surface area contributed by atoms with Gasteiger partial charge in [-0.05, 0) is 99.6 Å². The van der Waals surface area contributed by atoms with Crippen molar-refractivity contribution in [1.29, 1.82) is 5.26 Å². The molecule has 2 aromatic carbocycles. The maximum absolute atomic E-state index is 12.7. The highest BCUT2D eigenvalue weighted by Crippen LogP contribution is 2.44. The molecule has 0 saturated heterocycles. The molecular formula is C26H31N3O. The van der Waals surface area contributed by atoms with Crippen molar-refractivity contribution in [2.24, 2.45) is 0 Å². The molecule has 1 amide bonds. The number of carbonyl (C=O) groups excluding carboxylic acids is 1. The van der Waals surface area contributed by atoms with Crippen LogP contribution >= 0.6 is 0 Å². The van der Waals surface area contributed by atoms with Gasteiger partial charge in [-0.25, -0.2) is 0 Å². The lowest BCUT2D eigenvalue weighted by molar-refractivity contribution is -0.112. The van der Waals surface area contributed by atoms with Crippen molar-refractivity contribution < 1.29 is 4.79 Å². The van der Waals surface area contributed by atoms with E-state index < -0.39 is 0 Å². The first-order valence-corrected chi connectivity index (χ1v) is 10.6. The Balaban J connectivity index is 1.97. The van der Waals surface area contributed by atoms with Crippen LogP contribution < -0.4 is 10.2 Å². The number of fused-ring (bicyclic) bond motifs is 1. The van der Waals surface area contributed by atoms with Gasteiger partial charge in [0, 0.05) is 23.5 Å². The molecule has 0 aliphatic carbocycles. The van der Waals surface area contributed by atoms with Gasteiger partial charge in [0.05, 0.1) is 0 Å². The quantitative estimate of drug-likeness (QED) is 0.508. The Kier molecular flexibility index (Phi) is 6.03. The van der Waals surface area contributed by atoms with E-state index in [1.54, 1.807) is 6.08 Å². The van der Waals surface area contributed by atoms with Gasteiger partial charge in [0.25, 0.3) is 5.91 Å². The molecule has 0 bridgehead atoms. The van der Waals surface area contributed by atoms with Crippen LogP contribution in [0.15, 0.2) is 42.0 Å². The zero-order valence-electron chi connectivity index (χ0n) is 18.8. The smallest absolute Gasteiger partial charge is 0.266 e. The third-order valence-corrected chi connectivity index (χ3v) is 6.03. The van der Waals surface area contributed by atoms with E-state index in [-0.39, 0.29) is 17.0 Å². The minimum Gasteiger partial charge on any atom is -0.366 e. The summed E-state index contributed by atoms with van der Waals surface area (Å²) in [5.74, 6) is 0.0294. The summed E-state index contributed by atoms with van der Waals surface area (Å²) in [6.07, 6.45) is 2.78. The van der Waals surface area contributed by atoms with Gasteiger partial charge in [0.15, 0.2) is 0 Å². The van der Waals surface area contributed by atoms with E-state index >= 15 is 0 Å². The second-order valence-corrected chi connectivity index (χ2v) is 8.92. The highest BCUT2D eigenvalue weighted by atomic mass is 16.1. The number of anilines is 2. The minimum absolute atomic E-state index is 0.107.